The molecule has 58 heavy (non-hydrogen) atoms. The lowest BCUT2D eigenvalue weighted by atomic mass is 9.71. The molecular weight excluding hydrogens is 782 g/mol. The Balaban J connectivity index is 1.25. The second-order valence-corrected chi connectivity index (χ2v) is 16.1. The quantitative estimate of drug-likeness (QED) is 0.190. The van der Waals surface area contributed by atoms with E-state index in [1.54, 1.807) is 6.92 Å². The number of nitriles is 1. The van der Waals surface area contributed by atoms with Crippen LogP contribution in [0.2, 0.25) is 0 Å². The number of carbonyl (C=O) groups is 3. The molecular formula is C41H39F3N4O9S. The first-order valence-corrected chi connectivity index (χ1v) is 19.6. The number of aryl methyl sites for hydroxylation is 1. The molecule has 304 valence electrons. The Labute approximate surface area is 335 Å². The molecule has 6 heterocycles. The van der Waals surface area contributed by atoms with Gasteiger partial charge in [0.05, 0.1) is 36.1 Å². The minimum atomic E-state index is -4.51. The molecule has 3 aromatic rings. The lowest BCUT2D eigenvalue weighted by molar-refractivity contribution is -0.152. The van der Waals surface area contributed by atoms with E-state index >= 15 is 0 Å². The van der Waals surface area contributed by atoms with Gasteiger partial charge >= 0.3 is 18.1 Å². The molecule has 1 unspecified atom stereocenters. The number of hydrogen-bond acceptors (Lipinski definition) is 13. The SMILES string of the molecule is COc1c(C)cc2c(c1O)[C@@H]1C3[C@@H]4SC[C@H](NC(=O)C=Cc5ccc(C(F)(F)F)cc5)C(=O)OC[C@@H](c5c6c(c(C)c(OC(C)=O)c54)OCO6)N3[C@@H](C#N)[C@H](C2)N1C. The lowest BCUT2D eigenvalue weighted by Gasteiger charge is -2.61. The van der Waals surface area contributed by atoms with Gasteiger partial charge in [-0.15, -0.1) is 11.8 Å². The van der Waals surface area contributed by atoms with Crippen molar-refractivity contribution in [2.45, 2.75) is 74.9 Å². The summed E-state index contributed by atoms with van der Waals surface area (Å²) in [5, 5.41) is 25.0. The number of aromatic hydroxyl groups is 1. The molecule has 0 saturated carbocycles. The monoisotopic (exact) mass is 820 g/mol. The lowest BCUT2D eigenvalue weighted by Crippen LogP contribution is -2.69. The molecule has 9 rings (SSSR count). The van der Waals surface area contributed by atoms with Crippen LogP contribution >= 0.6 is 11.8 Å². The van der Waals surface area contributed by atoms with Crippen LogP contribution in [0.5, 0.6) is 28.7 Å². The van der Waals surface area contributed by atoms with E-state index < -0.39 is 65.0 Å². The van der Waals surface area contributed by atoms with E-state index in [0.29, 0.717) is 51.5 Å². The highest BCUT2D eigenvalue weighted by atomic mass is 32.2. The number of rotatable bonds is 5. The molecule has 13 nitrogen and oxygen atoms in total. The van der Waals surface area contributed by atoms with Gasteiger partial charge in [-0.1, -0.05) is 18.2 Å². The van der Waals surface area contributed by atoms with E-state index in [9.17, 15) is 37.9 Å². The number of nitrogens with one attached hydrogen (secondary N) is 1. The summed E-state index contributed by atoms with van der Waals surface area (Å²) in [6, 6.07) is 4.44. The average Bonchev–Trinajstić information content (AvgIpc) is 3.67. The van der Waals surface area contributed by atoms with E-state index in [4.69, 9.17) is 23.7 Å². The van der Waals surface area contributed by atoms with Crippen LogP contribution in [-0.2, 0) is 31.7 Å². The third-order valence-corrected chi connectivity index (χ3v) is 13.0. The number of fused-ring (bicyclic) bond motifs is 10. The van der Waals surface area contributed by atoms with E-state index in [1.807, 2.05) is 24.9 Å². The number of esters is 2. The molecule has 1 amide bonds. The number of carbonyl (C=O) groups excluding carboxylic acids is 3. The minimum absolute atomic E-state index is 0.0279. The summed E-state index contributed by atoms with van der Waals surface area (Å²) < 4.78 is 69.0. The zero-order valence-corrected chi connectivity index (χ0v) is 32.8. The summed E-state index contributed by atoms with van der Waals surface area (Å²) in [5.41, 5.74) is 3.36. The van der Waals surface area contributed by atoms with Crippen LogP contribution in [0.15, 0.2) is 36.4 Å². The fourth-order valence-electron chi connectivity index (χ4n) is 9.24. The highest BCUT2D eigenvalue weighted by molar-refractivity contribution is 7.99. The zero-order valence-electron chi connectivity index (χ0n) is 32.0. The molecule has 17 heteroatoms. The Morgan fingerprint density at radius 1 is 1.09 bits per heavy atom. The predicted octanol–water partition coefficient (Wildman–Crippen LogP) is 5.45. The van der Waals surface area contributed by atoms with Crippen molar-refractivity contribution < 1.29 is 56.3 Å². The maximum Gasteiger partial charge on any atom is 0.416 e. The topological polar surface area (TPSA) is 160 Å². The number of hydrogen-bond donors (Lipinski definition) is 2. The third kappa shape index (κ3) is 6.38. The maximum atomic E-state index is 13.9. The van der Waals surface area contributed by atoms with Crippen molar-refractivity contribution in [3.05, 3.63) is 80.9 Å². The number of alkyl halides is 3. The van der Waals surface area contributed by atoms with Crippen molar-refractivity contribution in [3.8, 4) is 34.8 Å². The largest absolute Gasteiger partial charge is 0.504 e. The zero-order chi connectivity index (χ0) is 41.4. The number of methoxy groups -OCH3 is 1. The molecule has 2 saturated heterocycles. The second-order valence-electron chi connectivity index (χ2n) is 14.9. The average molecular weight is 821 g/mol. The molecule has 2 fully saturated rings. The number of amides is 1. The van der Waals surface area contributed by atoms with Crippen LogP contribution in [-0.4, -0.2) is 90.2 Å². The summed E-state index contributed by atoms with van der Waals surface area (Å²) in [6.45, 7) is 4.46. The molecule has 6 aliphatic heterocycles. The van der Waals surface area contributed by atoms with Crippen molar-refractivity contribution >= 4 is 35.7 Å². The molecule has 4 bridgehead atoms. The third-order valence-electron chi connectivity index (χ3n) is 11.6. The van der Waals surface area contributed by atoms with Crippen LogP contribution in [0.4, 0.5) is 13.2 Å². The van der Waals surface area contributed by atoms with E-state index in [1.165, 1.54) is 44.0 Å². The van der Waals surface area contributed by atoms with Gasteiger partial charge in [0.2, 0.25) is 12.7 Å². The van der Waals surface area contributed by atoms with Crippen LogP contribution in [0, 0.1) is 25.2 Å². The number of ether oxygens (including phenoxy) is 5. The fourth-order valence-corrected chi connectivity index (χ4v) is 10.7. The van der Waals surface area contributed by atoms with Crippen LogP contribution in [0.3, 0.4) is 0 Å². The van der Waals surface area contributed by atoms with Gasteiger partial charge in [-0.25, -0.2) is 4.79 Å². The number of nitrogens with zero attached hydrogens (tertiary/aromatic N) is 3. The molecule has 3 aromatic carbocycles. The summed E-state index contributed by atoms with van der Waals surface area (Å²) >= 11 is 1.28. The molecule has 0 aromatic heterocycles. The molecule has 0 aliphatic carbocycles. The molecule has 0 spiro atoms. The fraction of sp³-hybridized carbons (Fsp3) is 0.415. The van der Waals surface area contributed by atoms with Gasteiger partial charge in [0.25, 0.3) is 0 Å². The van der Waals surface area contributed by atoms with Crippen LogP contribution in [0.1, 0.15) is 68.8 Å². The van der Waals surface area contributed by atoms with E-state index in [0.717, 1.165) is 29.3 Å². The molecule has 6 aliphatic rings. The molecule has 7 atom stereocenters. The van der Waals surface area contributed by atoms with Gasteiger partial charge in [0.15, 0.2) is 23.0 Å². The van der Waals surface area contributed by atoms with Crippen molar-refractivity contribution in [3.63, 3.8) is 0 Å². The van der Waals surface area contributed by atoms with Gasteiger partial charge in [0.1, 0.15) is 24.4 Å². The summed E-state index contributed by atoms with van der Waals surface area (Å²) in [7, 11) is 3.40. The van der Waals surface area contributed by atoms with Gasteiger partial charge < -0.3 is 34.1 Å². The first kappa shape index (κ1) is 39.4. The standard InChI is InChI=1S/C41H39F3N4O9S/c1-18-12-22-13-25-26(14-45)48-27-15-54-40(52)24(46-28(50)11-8-21-6-9-23(10-7-21)41(42,43)44)16-58-39(33(48)32(47(25)4)29(22)34(51)35(18)53-5)31-30(27)38-37(55-17-56-38)19(2)36(31)57-20(3)49/h6-12,24-27,32-33,39,51H,13,15-17H2,1-5H3,(H,46,50)/t24-,25-,26-,27-,32+,33?,39+/m0/s1. The molecule has 2 N–H and O–H groups in total. The number of halogens is 3. The summed E-state index contributed by atoms with van der Waals surface area (Å²) in [4.78, 5) is 44.1. The maximum absolute atomic E-state index is 13.9. The van der Waals surface area contributed by atoms with Gasteiger partial charge in [-0.3, -0.25) is 19.4 Å². The first-order chi connectivity index (χ1) is 27.6. The predicted molar refractivity (Wildman–Crippen MR) is 202 cm³/mol. The number of phenols is 1. The van der Waals surface area contributed by atoms with Crippen LogP contribution in [0.25, 0.3) is 6.08 Å². The smallest absolute Gasteiger partial charge is 0.416 e. The summed E-state index contributed by atoms with van der Waals surface area (Å²) in [6.07, 6.45) is -1.63. The minimum Gasteiger partial charge on any atom is -0.504 e. The number of thioether (sulfide) groups is 1. The Morgan fingerprint density at radius 3 is 2.48 bits per heavy atom. The van der Waals surface area contributed by atoms with Gasteiger partial charge in [0, 0.05) is 53.1 Å². The van der Waals surface area contributed by atoms with E-state index in [2.05, 4.69) is 16.3 Å². The van der Waals surface area contributed by atoms with Crippen molar-refractivity contribution in [2.24, 2.45) is 0 Å². The highest BCUT2D eigenvalue weighted by Crippen LogP contribution is 2.64. The van der Waals surface area contributed by atoms with Crippen molar-refractivity contribution in [1.82, 2.24) is 15.1 Å². The Hall–Kier alpha value is -5.44. The number of piperazine rings is 1. The highest BCUT2D eigenvalue weighted by Gasteiger charge is 2.60. The Kier molecular flexibility index (Phi) is 10.0. The second kappa shape index (κ2) is 14.7. The molecule has 0 radical (unpaired) electrons. The normalized spacial score (nSPS) is 26.2. The van der Waals surface area contributed by atoms with Crippen LogP contribution < -0.4 is 24.3 Å². The number of benzene rings is 3. The van der Waals surface area contributed by atoms with E-state index in [-0.39, 0.29) is 36.7 Å². The Bertz CT molecular complexity index is 2300. The summed E-state index contributed by atoms with van der Waals surface area (Å²) in [5.74, 6) is -0.814. The number of phenolic OH excluding ortho intramolecular Hbond substituents is 1. The Morgan fingerprint density at radius 2 is 1.81 bits per heavy atom. The first-order valence-electron chi connectivity index (χ1n) is 18.5. The van der Waals surface area contributed by atoms with Gasteiger partial charge in [-0.2, -0.15) is 18.4 Å². The number of likely N-dealkylation sites (N-methyl/N-ethyl adjacent to an activating group) is 1. The van der Waals surface area contributed by atoms with Crippen molar-refractivity contribution in [1.29, 1.82) is 5.26 Å². The van der Waals surface area contributed by atoms with Gasteiger partial charge in [-0.05, 0) is 62.2 Å². The van der Waals surface area contributed by atoms with Crippen molar-refractivity contribution in [2.75, 3.05) is 33.3 Å².